The van der Waals surface area contributed by atoms with Crippen LogP contribution in [0.25, 0.3) is 5.69 Å². The van der Waals surface area contributed by atoms with Gasteiger partial charge in [0, 0.05) is 45.0 Å². The number of halogens is 1. The van der Waals surface area contributed by atoms with Crippen molar-refractivity contribution in [1.82, 2.24) is 25.4 Å². The first-order chi connectivity index (χ1) is 13.7. The number of benzene rings is 1. The normalized spacial score (nSPS) is 11.1. The van der Waals surface area contributed by atoms with Crippen LogP contribution < -0.4 is 15.5 Å². The van der Waals surface area contributed by atoms with E-state index in [1.165, 1.54) is 5.56 Å². The number of nitrogens with one attached hydrogen (secondary N) is 2. The zero-order valence-corrected chi connectivity index (χ0v) is 20.1. The van der Waals surface area contributed by atoms with E-state index in [0.29, 0.717) is 6.54 Å². The highest BCUT2D eigenvalue weighted by molar-refractivity contribution is 14.0. The van der Waals surface area contributed by atoms with Crippen molar-refractivity contribution in [3.05, 3.63) is 59.4 Å². The van der Waals surface area contributed by atoms with E-state index in [1.807, 2.05) is 35.9 Å². The smallest absolute Gasteiger partial charge is 0.191 e. The van der Waals surface area contributed by atoms with E-state index in [0.717, 1.165) is 42.0 Å². The SMILES string of the molecule is CCNC(=NCc1csc(N(C)C)n1)NCCc1ccc(-n2cccn2)cc1.I. The molecule has 0 radical (unpaired) electrons. The van der Waals surface area contributed by atoms with Crippen molar-refractivity contribution >= 4 is 46.4 Å². The fraction of sp³-hybridized carbons (Fsp3) is 0.350. The summed E-state index contributed by atoms with van der Waals surface area (Å²) in [6.45, 7) is 4.27. The molecule has 0 unspecified atom stereocenters. The third-order valence-electron chi connectivity index (χ3n) is 4.08. The third kappa shape index (κ3) is 7.00. The second-order valence-corrected chi connectivity index (χ2v) is 7.34. The van der Waals surface area contributed by atoms with Gasteiger partial charge in [0.2, 0.25) is 0 Å². The molecule has 0 saturated heterocycles. The van der Waals surface area contributed by atoms with Gasteiger partial charge in [-0.05, 0) is 37.1 Å². The molecule has 0 atom stereocenters. The van der Waals surface area contributed by atoms with Gasteiger partial charge < -0.3 is 15.5 Å². The summed E-state index contributed by atoms with van der Waals surface area (Å²) in [4.78, 5) is 11.2. The molecule has 0 aliphatic carbocycles. The van der Waals surface area contributed by atoms with Crippen LogP contribution in [0, 0.1) is 0 Å². The Labute approximate surface area is 193 Å². The van der Waals surface area contributed by atoms with E-state index in [2.05, 4.69) is 62.3 Å². The molecule has 0 saturated carbocycles. The predicted octanol–water partition coefficient (Wildman–Crippen LogP) is 3.31. The van der Waals surface area contributed by atoms with Gasteiger partial charge in [-0.25, -0.2) is 14.7 Å². The summed E-state index contributed by atoms with van der Waals surface area (Å²) in [5.74, 6) is 0.815. The van der Waals surface area contributed by atoms with Crippen LogP contribution in [0.3, 0.4) is 0 Å². The van der Waals surface area contributed by atoms with Crippen LogP contribution in [0.1, 0.15) is 18.2 Å². The van der Waals surface area contributed by atoms with Crippen LogP contribution in [-0.2, 0) is 13.0 Å². The average Bonchev–Trinajstić information content (AvgIpc) is 3.39. The Kier molecular flexibility index (Phi) is 9.39. The fourth-order valence-electron chi connectivity index (χ4n) is 2.64. The highest BCUT2D eigenvalue weighted by Crippen LogP contribution is 2.18. The second-order valence-electron chi connectivity index (χ2n) is 6.50. The van der Waals surface area contributed by atoms with E-state index in [4.69, 9.17) is 0 Å². The number of guanidine groups is 1. The monoisotopic (exact) mass is 525 g/mol. The molecule has 0 aliphatic heterocycles. The van der Waals surface area contributed by atoms with Gasteiger partial charge in [0.25, 0.3) is 0 Å². The van der Waals surface area contributed by atoms with E-state index in [9.17, 15) is 0 Å². The molecule has 0 aliphatic rings. The number of aliphatic imine (C=N–C) groups is 1. The Morgan fingerprint density at radius 1 is 1.21 bits per heavy atom. The summed E-state index contributed by atoms with van der Waals surface area (Å²) in [6, 6.07) is 10.4. The Bertz CT molecular complexity index is 873. The molecule has 1 aromatic carbocycles. The van der Waals surface area contributed by atoms with E-state index >= 15 is 0 Å². The maximum Gasteiger partial charge on any atom is 0.191 e. The van der Waals surface area contributed by atoms with Crippen molar-refractivity contribution in [3.8, 4) is 5.69 Å². The standard InChI is InChI=1S/C20H27N7S.HI/c1-4-21-19(23-14-17-15-28-20(25-17)26(2)3)22-12-10-16-6-8-18(9-7-16)27-13-5-11-24-27;/h5-9,11,13,15H,4,10,12,14H2,1-3H3,(H2,21,22,23);1H. The lowest BCUT2D eigenvalue weighted by molar-refractivity contribution is 0.796. The van der Waals surface area contributed by atoms with Gasteiger partial charge in [0.15, 0.2) is 11.1 Å². The zero-order chi connectivity index (χ0) is 19.8. The minimum absolute atomic E-state index is 0. The molecule has 156 valence electrons. The van der Waals surface area contributed by atoms with Crippen molar-refractivity contribution in [3.63, 3.8) is 0 Å². The van der Waals surface area contributed by atoms with Crippen LogP contribution >= 0.6 is 35.3 Å². The van der Waals surface area contributed by atoms with Crippen molar-refractivity contribution < 1.29 is 0 Å². The Balaban J connectivity index is 0.00000300. The number of hydrogen-bond acceptors (Lipinski definition) is 5. The number of nitrogens with zero attached hydrogens (tertiary/aromatic N) is 5. The van der Waals surface area contributed by atoms with E-state index in [1.54, 1.807) is 17.5 Å². The quantitative estimate of drug-likeness (QED) is 0.268. The van der Waals surface area contributed by atoms with Crippen LogP contribution in [0.2, 0.25) is 0 Å². The predicted molar refractivity (Wildman–Crippen MR) is 132 cm³/mol. The fourth-order valence-corrected chi connectivity index (χ4v) is 3.39. The molecule has 2 aromatic heterocycles. The molecule has 0 fully saturated rings. The Hall–Kier alpha value is -2.14. The highest BCUT2D eigenvalue weighted by Gasteiger charge is 2.04. The largest absolute Gasteiger partial charge is 0.357 e. The summed E-state index contributed by atoms with van der Waals surface area (Å²) in [5.41, 5.74) is 3.33. The van der Waals surface area contributed by atoms with Crippen molar-refractivity contribution in [2.24, 2.45) is 4.99 Å². The van der Waals surface area contributed by atoms with Gasteiger partial charge in [-0.3, -0.25) is 0 Å². The summed E-state index contributed by atoms with van der Waals surface area (Å²) in [5, 5.41) is 14.0. The molecule has 29 heavy (non-hydrogen) atoms. The molecule has 0 amide bonds. The molecule has 3 rings (SSSR count). The molecule has 3 aromatic rings. The number of anilines is 1. The average molecular weight is 525 g/mol. The second kappa shape index (κ2) is 11.8. The first-order valence-corrected chi connectivity index (χ1v) is 10.3. The van der Waals surface area contributed by atoms with Gasteiger partial charge in [0.05, 0.1) is 17.9 Å². The first kappa shape index (κ1) is 23.1. The maximum atomic E-state index is 4.64. The summed E-state index contributed by atoms with van der Waals surface area (Å²) in [7, 11) is 4.00. The van der Waals surface area contributed by atoms with Crippen LogP contribution in [0.15, 0.2) is 53.1 Å². The molecular formula is C20H28IN7S. The minimum atomic E-state index is 0. The third-order valence-corrected chi connectivity index (χ3v) is 5.13. The van der Waals surface area contributed by atoms with Gasteiger partial charge in [-0.15, -0.1) is 35.3 Å². The molecule has 0 bridgehead atoms. The van der Waals surface area contributed by atoms with Gasteiger partial charge in [-0.1, -0.05) is 12.1 Å². The van der Waals surface area contributed by atoms with Gasteiger partial charge in [0.1, 0.15) is 0 Å². The van der Waals surface area contributed by atoms with Crippen molar-refractivity contribution in [2.45, 2.75) is 19.9 Å². The van der Waals surface area contributed by atoms with Crippen molar-refractivity contribution in [2.75, 3.05) is 32.1 Å². The number of thiazole rings is 1. The Morgan fingerprint density at radius 3 is 2.62 bits per heavy atom. The van der Waals surface area contributed by atoms with Gasteiger partial charge >= 0.3 is 0 Å². The van der Waals surface area contributed by atoms with Gasteiger partial charge in [-0.2, -0.15) is 5.10 Å². The number of rotatable bonds is 8. The number of hydrogen-bond donors (Lipinski definition) is 2. The minimum Gasteiger partial charge on any atom is -0.357 e. The lowest BCUT2D eigenvalue weighted by atomic mass is 10.1. The lowest BCUT2D eigenvalue weighted by Gasteiger charge is -2.11. The zero-order valence-electron chi connectivity index (χ0n) is 17.0. The van der Waals surface area contributed by atoms with Crippen LogP contribution in [0.4, 0.5) is 5.13 Å². The highest BCUT2D eigenvalue weighted by atomic mass is 127. The topological polar surface area (TPSA) is 70.4 Å². The molecule has 9 heteroatoms. The summed E-state index contributed by atoms with van der Waals surface area (Å²) in [6.07, 6.45) is 4.65. The first-order valence-electron chi connectivity index (χ1n) is 9.38. The molecule has 7 nitrogen and oxygen atoms in total. The molecule has 2 N–H and O–H groups in total. The van der Waals surface area contributed by atoms with Crippen LogP contribution in [0.5, 0.6) is 0 Å². The Morgan fingerprint density at radius 2 is 2.00 bits per heavy atom. The van der Waals surface area contributed by atoms with E-state index < -0.39 is 0 Å². The number of aromatic nitrogens is 3. The molecule has 0 spiro atoms. The van der Waals surface area contributed by atoms with Crippen molar-refractivity contribution in [1.29, 1.82) is 0 Å². The summed E-state index contributed by atoms with van der Waals surface area (Å²) >= 11 is 1.64. The van der Waals surface area contributed by atoms with Crippen LogP contribution in [-0.4, -0.2) is 47.9 Å². The van der Waals surface area contributed by atoms with E-state index in [-0.39, 0.29) is 24.0 Å². The molecule has 2 heterocycles. The molecular weight excluding hydrogens is 497 g/mol. The lowest BCUT2D eigenvalue weighted by Crippen LogP contribution is -2.38. The summed E-state index contributed by atoms with van der Waals surface area (Å²) < 4.78 is 1.86. The maximum absolute atomic E-state index is 4.64.